The van der Waals surface area contributed by atoms with Crippen LogP contribution in [0, 0.1) is 0 Å². The Balaban J connectivity index is 0. The highest BCUT2D eigenvalue weighted by atomic mass is 14.9. The summed E-state index contributed by atoms with van der Waals surface area (Å²) in [4.78, 5) is 0. The summed E-state index contributed by atoms with van der Waals surface area (Å²) in [6, 6.07) is 51.4. The predicted molar refractivity (Wildman–Crippen MR) is 266 cm³/mol. The molecular formula is C55H80N2. The minimum Gasteiger partial charge on any atom is -0.344 e. The summed E-state index contributed by atoms with van der Waals surface area (Å²) in [6.07, 6.45) is 1.10. The van der Waals surface area contributed by atoms with E-state index in [1.54, 1.807) is 0 Å². The monoisotopic (exact) mass is 769 g/mol. The topological polar surface area (TPSA) is 9.86 Å². The summed E-state index contributed by atoms with van der Waals surface area (Å²) in [5, 5.41) is 5.35. The number of benzene rings is 6. The Hall–Kier alpha value is -5.08. The molecule has 0 bridgehead atoms. The molecular weight excluding hydrogens is 689 g/mol. The third-order valence-electron chi connectivity index (χ3n) is 8.35. The fourth-order valence-corrected chi connectivity index (χ4v) is 6.31. The van der Waals surface area contributed by atoms with Crippen molar-refractivity contribution in [1.82, 2.24) is 9.13 Å². The molecule has 0 unspecified atom stereocenters. The largest absolute Gasteiger partial charge is 0.344 e. The minimum absolute atomic E-state index is 1.10. The van der Waals surface area contributed by atoms with E-state index in [1.165, 1.54) is 65.9 Å². The van der Waals surface area contributed by atoms with Gasteiger partial charge in [-0.05, 0) is 52.9 Å². The fourth-order valence-electron chi connectivity index (χ4n) is 6.31. The molecule has 0 fully saturated rings. The zero-order valence-corrected chi connectivity index (χ0v) is 39.5. The molecule has 2 heteroatoms. The lowest BCUT2D eigenvalue weighted by molar-refractivity contribution is 1.01. The van der Waals surface area contributed by atoms with E-state index in [2.05, 4.69) is 169 Å². The average Bonchev–Trinajstić information content (AvgIpc) is 3.97. The van der Waals surface area contributed by atoms with Crippen molar-refractivity contribution in [3.05, 3.63) is 157 Å². The van der Waals surface area contributed by atoms with E-state index in [0.29, 0.717) is 0 Å². The van der Waals surface area contributed by atoms with Gasteiger partial charge in [-0.25, -0.2) is 0 Å². The summed E-state index contributed by atoms with van der Waals surface area (Å²) in [5.74, 6) is 0. The molecule has 2 aromatic heterocycles. The summed E-state index contributed by atoms with van der Waals surface area (Å²) in [5.41, 5.74) is 11.0. The molecule has 0 N–H and O–H groups in total. The van der Waals surface area contributed by atoms with Gasteiger partial charge < -0.3 is 9.13 Å². The van der Waals surface area contributed by atoms with Gasteiger partial charge >= 0.3 is 0 Å². The number of aromatic nitrogens is 2. The first-order valence-electron chi connectivity index (χ1n) is 22.2. The smallest absolute Gasteiger partial charge is 0.0488 e. The molecule has 1 aliphatic rings. The number of nitrogens with zero attached hydrogens (tertiary/aromatic N) is 2. The normalized spacial score (nSPS) is 9.16. The molecule has 0 amide bonds. The van der Waals surface area contributed by atoms with Crippen molar-refractivity contribution >= 4 is 43.6 Å². The van der Waals surface area contributed by atoms with Gasteiger partial charge in [-0.2, -0.15) is 0 Å². The maximum atomic E-state index is 2.24. The zero-order valence-electron chi connectivity index (χ0n) is 39.5. The molecule has 0 saturated carbocycles. The second-order valence-corrected chi connectivity index (χ2v) is 10.7. The molecule has 0 atom stereocenters. The molecule has 2 nitrogen and oxygen atoms in total. The van der Waals surface area contributed by atoms with Gasteiger partial charge in [-0.3, -0.25) is 0 Å². The molecule has 8 aromatic rings. The second-order valence-electron chi connectivity index (χ2n) is 10.7. The zero-order chi connectivity index (χ0) is 43.8. The van der Waals surface area contributed by atoms with Crippen LogP contribution < -0.4 is 0 Å². The predicted octanol–water partition coefficient (Wildman–Crippen LogP) is 18.1. The first-order chi connectivity index (χ1) is 28.2. The molecule has 9 rings (SSSR count). The minimum atomic E-state index is 1.10. The molecule has 2 heterocycles. The lowest BCUT2D eigenvalue weighted by Crippen LogP contribution is -1.84. The summed E-state index contributed by atoms with van der Waals surface area (Å²) >= 11 is 0. The van der Waals surface area contributed by atoms with Crippen LogP contribution in [-0.2, 0) is 20.5 Å². The molecule has 0 aliphatic heterocycles. The SMILES string of the molecule is CC.CC.CC.CC.CC.CC.CC.CC.Cn1c2ccccc2c2ccccc21.Cn1c2ccccc2c2ccccc21.c1ccc2c(c1)Cc1ccccc1-2. The van der Waals surface area contributed by atoms with Crippen LogP contribution in [0.4, 0.5) is 0 Å². The van der Waals surface area contributed by atoms with Crippen molar-refractivity contribution in [3.63, 3.8) is 0 Å². The maximum absolute atomic E-state index is 2.24. The first kappa shape index (κ1) is 54.0. The number of aryl methyl sites for hydroxylation is 2. The van der Waals surface area contributed by atoms with Crippen LogP contribution in [0.3, 0.4) is 0 Å². The van der Waals surface area contributed by atoms with Crippen molar-refractivity contribution in [2.75, 3.05) is 0 Å². The molecule has 310 valence electrons. The van der Waals surface area contributed by atoms with Gasteiger partial charge in [0.15, 0.2) is 0 Å². The van der Waals surface area contributed by atoms with Gasteiger partial charge in [0.25, 0.3) is 0 Å². The molecule has 0 spiro atoms. The van der Waals surface area contributed by atoms with Gasteiger partial charge in [0.2, 0.25) is 0 Å². The van der Waals surface area contributed by atoms with Crippen molar-refractivity contribution in [2.45, 2.75) is 117 Å². The van der Waals surface area contributed by atoms with Crippen LogP contribution in [0.1, 0.15) is 122 Å². The van der Waals surface area contributed by atoms with Crippen LogP contribution in [0.2, 0.25) is 0 Å². The maximum Gasteiger partial charge on any atom is 0.0488 e. The van der Waals surface area contributed by atoms with Gasteiger partial charge in [0, 0.05) is 57.7 Å². The Bertz CT molecular complexity index is 1900. The fraction of sp³-hybridized carbons (Fsp3) is 0.345. The summed E-state index contributed by atoms with van der Waals surface area (Å²) in [6.45, 7) is 32.0. The van der Waals surface area contributed by atoms with E-state index in [9.17, 15) is 0 Å². The Kier molecular flexibility index (Phi) is 31.4. The highest BCUT2D eigenvalue weighted by molar-refractivity contribution is 6.08. The number of rotatable bonds is 0. The number of hydrogen-bond acceptors (Lipinski definition) is 0. The van der Waals surface area contributed by atoms with Crippen LogP contribution >= 0.6 is 0 Å². The van der Waals surface area contributed by atoms with Crippen molar-refractivity contribution in [2.24, 2.45) is 14.1 Å². The van der Waals surface area contributed by atoms with Gasteiger partial charge in [-0.15, -0.1) is 0 Å². The lowest BCUT2D eigenvalue weighted by atomic mass is 10.1. The molecule has 0 saturated heterocycles. The number of hydrogen-bond donors (Lipinski definition) is 0. The van der Waals surface area contributed by atoms with Gasteiger partial charge in [-0.1, -0.05) is 232 Å². The Labute approximate surface area is 350 Å². The van der Waals surface area contributed by atoms with Crippen LogP contribution in [0.5, 0.6) is 0 Å². The highest BCUT2D eigenvalue weighted by Crippen LogP contribution is 2.35. The summed E-state index contributed by atoms with van der Waals surface area (Å²) < 4.78 is 4.48. The Morgan fingerprint density at radius 1 is 0.263 bits per heavy atom. The van der Waals surface area contributed by atoms with Crippen LogP contribution in [-0.4, -0.2) is 9.13 Å². The second kappa shape index (κ2) is 33.1. The molecule has 6 aromatic carbocycles. The van der Waals surface area contributed by atoms with Gasteiger partial charge in [0.05, 0.1) is 0 Å². The Morgan fingerprint density at radius 3 is 0.702 bits per heavy atom. The third kappa shape index (κ3) is 14.1. The quantitative estimate of drug-likeness (QED) is 0.145. The van der Waals surface area contributed by atoms with E-state index in [4.69, 9.17) is 0 Å². The third-order valence-corrected chi connectivity index (χ3v) is 8.35. The van der Waals surface area contributed by atoms with Crippen LogP contribution in [0.25, 0.3) is 54.7 Å². The lowest BCUT2D eigenvalue weighted by Gasteiger charge is -1.98. The Morgan fingerprint density at radius 2 is 0.456 bits per heavy atom. The number of fused-ring (bicyclic) bond motifs is 9. The van der Waals surface area contributed by atoms with Crippen molar-refractivity contribution in [1.29, 1.82) is 0 Å². The summed E-state index contributed by atoms with van der Waals surface area (Å²) in [7, 11) is 4.23. The average molecular weight is 769 g/mol. The highest BCUT2D eigenvalue weighted by Gasteiger charge is 2.16. The first-order valence-corrected chi connectivity index (χ1v) is 22.2. The van der Waals surface area contributed by atoms with E-state index in [0.717, 1.165) is 6.42 Å². The van der Waals surface area contributed by atoms with E-state index < -0.39 is 0 Å². The van der Waals surface area contributed by atoms with E-state index in [-0.39, 0.29) is 0 Å². The number of para-hydroxylation sites is 4. The molecule has 1 aliphatic carbocycles. The van der Waals surface area contributed by atoms with E-state index >= 15 is 0 Å². The van der Waals surface area contributed by atoms with Crippen molar-refractivity contribution < 1.29 is 0 Å². The standard InChI is InChI=1S/2C13H11N.C13H10.8C2H6/c2*1-14-12-8-4-2-6-10(12)11-7-3-5-9-13(11)14;1-3-7-12-10(5-1)9-11-6-2-4-8-13(11)12;8*1-2/h2*2-9H,1H3;1-8H,9H2;8*1-2H3. The molecule has 57 heavy (non-hydrogen) atoms. The van der Waals surface area contributed by atoms with Gasteiger partial charge in [0.1, 0.15) is 0 Å². The molecule has 0 radical (unpaired) electrons. The van der Waals surface area contributed by atoms with Crippen molar-refractivity contribution in [3.8, 4) is 11.1 Å². The van der Waals surface area contributed by atoms with Crippen LogP contribution in [0.15, 0.2) is 146 Å². The van der Waals surface area contributed by atoms with E-state index in [1.807, 2.05) is 111 Å².